The Morgan fingerprint density at radius 2 is 1.25 bits per heavy atom. The molecule has 0 aromatic rings. The molecular formula is C6H14F3N3. The van der Waals surface area contributed by atoms with Gasteiger partial charge in [-0.2, -0.15) is 13.2 Å². The summed E-state index contributed by atoms with van der Waals surface area (Å²) in [6.07, 6.45) is -4.18. The Kier molecular flexibility index (Phi) is 6.04. The largest absolute Gasteiger partial charge is 0.400 e. The molecule has 6 heteroatoms. The molecule has 0 radical (unpaired) electrons. The molecule has 0 saturated carbocycles. The second-order valence-corrected chi connectivity index (χ2v) is 2.32. The smallest absolute Gasteiger partial charge is 0.323 e. The number of nitrogens with one attached hydrogen (secondary N) is 2. The van der Waals surface area contributed by atoms with Crippen LogP contribution >= 0.6 is 0 Å². The number of alkyl halides is 3. The van der Waals surface area contributed by atoms with Crippen molar-refractivity contribution in [3.05, 3.63) is 0 Å². The lowest BCUT2D eigenvalue weighted by Crippen LogP contribution is -2.39. The van der Waals surface area contributed by atoms with Crippen LogP contribution in [0.25, 0.3) is 0 Å². The number of halogens is 3. The molecule has 0 aromatic heterocycles. The van der Waals surface area contributed by atoms with Crippen LogP contribution in [0, 0.1) is 0 Å². The van der Waals surface area contributed by atoms with Crippen molar-refractivity contribution >= 4 is 0 Å². The third kappa shape index (κ3) is 9.67. The first-order valence-corrected chi connectivity index (χ1v) is 3.74. The Morgan fingerprint density at radius 1 is 1.00 bits per heavy atom. The number of hydrogen-bond donors (Lipinski definition) is 3. The summed E-state index contributed by atoms with van der Waals surface area (Å²) in [4.78, 5) is 0. The molecule has 3 nitrogen and oxygen atoms in total. The first-order valence-electron chi connectivity index (χ1n) is 3.74. The van der Waals surface area contributed by atoms with E-state index in [2.05, 4.69) is 16.4 Å². The summed E-state index contributed by atoms with van der Waals surface area (Å²) in [5, 5.41) is 6.44. The first kappa shape index (κ1) is 11.7. The zero-order valence-corrected chi connectivity index (χ0v) is 6.75. The van der Waals surface area contributed by atoms with E-state index in [-0.39, 0.29) is 0 Å². The molecule has 0 aliphatic carbocycles. The molecule has 1 fully saturated rings. The quantitative estimate of drug-likeness (QED) is 0.485. The van der Waals surface area contributed by atoms with Crippen molar-refractivity contribution in [2.24, 2.45) is 5.73 Å². The Balaban J connectivity index is 0.000000202. The van der Waals surface area contributed by atoms with Crippen LogP contribution in [0.3, 0.4) is 0 Å². The van der Waals surface area contributed by atoms with E-state index in [1.807, 2.05) is 0 Å². The maximum atomic E-state index is 10.7. The third-order valence-electron chi connectivity index (χ3n) is 1.19. The van der Waals surface area contributed by atoms with Gasteiger partial charge in [0.05, 0.1) is 6.54 Å². The molecular weight excluding hydrogens is 171 g/mol. The van der Waals surface area contributed by atoms with E-state index in [9.17, 15) is 13.2 Å². The zero-order valence-electron chi connectivity index (χ0n) is 6.75. The van der Waals surface area contributed by atoms with Crippen molar-refractivity contribution in [2.45, 2.75) is 6.18 Å². The highest BCUT2D eigenvalue weighted by Gasteiger charge is 2.23. The molecule has 1 rings (SSSR count). The molecule has 12 heavy (non-hydrogen) atoms. The molecule has 1 aliphatic heterocycles. The second kappa shape index (κ2) is 6.22. The standard InChI is InChI=1S/C4H10N2.C2H4F3N/c1-2-6-4-3-5-1;3-2(4,5)1-6/h5-6H,1-4H2;1,6H2. The first-order chi connectivity index (χ1) is 5.56. The molecule has 0 unspecified atom stereocenters. The Bertz CT molecular complexity index is 89.2. The molecule has 0 spiro atoms. The number of hydrogen-bond acceptors (Lipinski definition) is 3. The van der Waals surface area contributed by atoms with Crippen LogP contribution in [0.4, 0.5) is 13.2 Å². The maximum absolute atomic E-state index is 10.7. The predicted molar refractivity (Wildman–Crippen MR) is 40.8 cm³/mol. The van der Waals surface area contributed by atoms with Crippen LogP contribution < -0.4 is 16.4 Å². The van der Waals surface area contributed by atoms with Gasteiger partial charge in [0.2, 0.25) is 0 Å². The lowest BCUT2D eigenvalue weighted by molar-refractivity contribution is -0.118. The van der Waals surface area contributed by atoms with Gasteiger partial charge in [-0.05, 0) is 0 Å². The van der Waals surface area contributed by atoms with Gasteiger partial charge in [-0.3, -0.25) is 0 Å². The zero-order chi connectivity index (χ0) is 9.45. The molecule has 0 aromatic carbocycles. The van der Waals surface area contributed by atoms with Gasteiger partial charge in [0, 0.05) is 26.2 Å². The van der Waals surface area contributed by atoms with Gasteiger partial charge >= 0.3 is 6.18 Å². The molecule has 1 saturated heterocycles. The highest BCUT2D eigenvalue weighted by molar-refractivity contribution is 4.59. The highest BCUT2D eigenvalue weighted by Crippen LogP contribution is 2.10. The van der Waals surface area contributed by atoms with Gasteiger partial charge in [0.1, 0.15) is 0 Å². The number of nitrogens with two attached hydrogens (primary N) is 1. The van der Waals surface area contributed by atoms with Crippen molar-refractivity contribution in [1.29, 1.82) is 0 Å². The van der Waals surface area contributed by atoms with Crippen LogP contribution in [0.2, 0.25) is 0 Å². The van der Waals surface area contributed by atoms with Gasteiger partial charge in [0.25, 0.3) is 0 Å². The molecule has 0 atom stereocenters. The second-order valence-electron chi connectivity index (χ2n) is 2.32. The maximum Gasteiger partial charge on any atom is 0.400 e. The summed E-state index contributed by atoms with van der Waals surface area (Å²) < 4.78 is 32.0. The fraction of sp³-hybridized carbons (Fsp3) is 1.00. The fourth-order valence-electron chi connectivity index (χ4n) is 0.604. The number of piperazine rings is 1. The highest BCUT2D eigenvalue weighted by atomic mass is 19.4. The summed E-state index contributed by atoms with van der Waals surface area (Å²) in [7, 11) is 0. The van der Waals surface area contributed by atoms with E-state index >= 15 is 0 Å². The summed E-state index contributed by atoms with van der Waals surface area (Å²) in [6.45, 7) is 3.33. The van der Waals surface area contributed by atoms with Crippen LogP contribution in [-0.2, 0) is 0 Å². The molecule has 74 valence electrons. The van der Waals surface area contributed by atoms with Crippen LogP contribution in [0.15, 0.2) is 0 Å². The van der Waals surface area contributed by atoms with E-state index in [1.165, 1.54) is 0 Å². The Morgan fingerprint density at radius 3 is 1.33 bits per heavy atom. The average molecular weight is 185 g/mol. The Labute approximate surface area is 69.5 Å². The minimum atomic E-state index is -4.18. The van der Waals surface area contributed by atoms with E-state index in [0.717, 1.165) is 26.2 Å². The van der Waals surface area contributed by atoms with E-state index in [4.69, 9.17) is 0 Å². The van der Waals surface area contributed by atoms with E-state index in [1.54, 1.807) is 0 Å². The van der Waals surface area contributed by atoms with Gasteiger partial charge in [-0.1, -0.05) is 0 Å². The third-order valence-corrected chi connectivity index (χ3v) is 1.19. The fourth-order valence-corrected chi connectivity index (χ4v) is 0.604. The molecule has 4 N–H and O–H groups in total. The summed E-state index contributed by atoms with van der Waals surface area (Å²) in [6, 6.07) is 0. The summed E-state index contributed by atoms with van der Waals surface area (Å²) in [5.41, 5.74) is 4.18. The topological polar surface area (TPSA) is 50.1 Å². The lowest BCUT2D eigenvalue weighted by Gasteiger charge is -2.11. The van der Waals surface area contributed by atoms with Gasteiger partial charge < -0.3 is 16.4 Å². The van der Waals surface area contributed by atoms with Crippen molar-refractivity contribution in [3.8, 4) is 0 Å². The van der Waals surface area contributed by atoms with Gasteiger partial charge in [-0.15, -0.1) is 0 Å². The lowest BCUT2D eigenvalue weighted by atomic mass is 10.4. The average Bonchev–Trinajstić information content (AvgIpc) is 2.07. The van der Waals surface area contributed by atoms with E-state index < -0.39 is 12.7 Å². The van der Waals surface area contributed by atoms with Gasteiger partial charge in [0.15, 0.2) is 0 Å². The van der Waals surface area contributed by atoms with E-state index in [0.29, 0.717) is 0 Å². The summed E-state index contributed by atoms with van der Waals surface area (Å²) in [5.74, 6) is 0. The van der Waals surface area contributed by atoms with Crippen LogP contribution in [0.5, 0.6) is 0 Å². The van der Waals surface area contributed by atoms with Gasteiger partial charge in [-0.25, -0.2) is 0 Å². The predicted octanol–water partition coefficient (Wildman–Crippen LogP) is -0.313. The summed E-state index contributed by atoms with van der Waals surface area (Å²) >= 11 is 0. The molecule has 0 bridgehead atoms. The van der Waals surface area contributed by atoms with Crippen LogP contribution in [-0.4, -0.2) is 38.9 Å². The molecule has 1 heterocycles. The normalized spacial score (nSPS) is 18.0. The SMILES string of the molecule is C1CNCCN1.NCC(F)(F)F. The van der Waals surface area contributed by atoms with Crippen LogP contribution in [0.1, 0.15) is 0 Å². The van der Waals surface area contributed by atoms with Crippen molar-refractivity contribution in [1.82, 2.24) is 10.6 Å². The van der Waals surface area contributed by atoms with Crippen molar-refractivity contribution < 1.29 is 13.2 Å². The monoisotopic (exact) mass is 185 g/mol. The Hall–Kier alpha value is -0.330. The van der Waals surface area contributed by atoms with Crippen molar-refractivity contribution in [3.63, 3.8) is 0 Å². The number of rotatable bonds is 0. The minimum absolute atomic E-state index is 1.14. The molecule has 0 amide bonds. The van der Waals surface area contributed by atoms with Crippen molar-refractivity contribution in [2.75, 3.05) is 32.7 Å². The minimum Gasteiger partial charge on any atom is -0.323 e. The molecule has 1 aliphatic rings.